The first-order valence-corrected chi connectivity index (χ1v) is 9.40. The van der Waals surface area contributed by atoms with Crippen molar-refractivity contribution >= 4 is 11.9 Å². The van der Waals surface area contributed by atoms with Crippen LogP contribution in [0.5, 0.6) is 5.75 Å². The molecule has 1 heterocycles. The maximum absolute atomic E-state index is 14.5. The average molecular weight is 383 g/mol. The first kappa shape index (κ1) is 19.7. The fraction of sp³-hybridized carbons (Fsp3) is 0.600. The Bertz CT molecular complexity index is 692. The molecule has 0 aromatic heterocycles. The average Bonchev–Trinajstić information content (AvgIpc) is 2.97. The molecule has 0 bridgehead atoms. The molecule has 2 unspecified atom stereocenters. The third-order valence-electron chi connectivity index (χ3n) is 5.63. The van der Waals surface area contributed by atoms with Gasteiger partial charge in [0.1, 0.15) is 11.6 Å². The summed E-state index contributed by atoms with van der Waals surface area (Å²) in [5, 5.41) is 0. The summed E-state index contributed by atoms with van der Waals surface area (Å²) in [6.07, 6.45) is 1.28. The molecular weight excluding hydrogens is 359 g/mol. The summed E-state index contributed by atoms with van der Waals surface area (Å²) in [6.45, 7) is 2.13. The second-order valence-corrected chi connectivity index (χ2v) is 7.61. The highest BCUT2D eigenvalue weighted by Crippen LogP contribution is 2.41. The number of carbonyl (C=O) groups is 2. The van der Waals surface area contributed by atoms with Crippen LogP contribution in [0.4, 0.5) is 13.2 Å². The molecule has 1 aromatic carbocycles. The summed E-state index contributed by atoms with van der Waals surface area (Å²) >= 11 is 0. The molecule has 4 nitrogen and oxygen atoms in total. The van der Waals surface area contributed by atoms with E-state index in [1.807, 2.05) is 0 Å². The monoisotopic (exact) mass is 383 g/mol. The van der Waals surface area contributed by atoms with E-state index in [0.29, 0.717) is 32.2 Å². The molecule has 1 aliphatic heterocycles. The standard InChI is InChI=1S/C20H24F3NO3/c1-13(19(26)27-17-8-5-15(21)6-9-17)14-4-7-16(12-20(22,23)11-14)24-10-2-3-18(24)25/h5-6,8-9,13-14,16H,2-4,7,10-12H2,1H3/t13-,14?,16?/m1/s1. The third kappa shape index (κ3) is 4.82. The SMILES string of the molecule is C[C@@H](C(=O)Oc1ccc(F)cc1)C1CCC(N2CCCC2=O)CC(F)(F)C1. The molecule has 7 heteroatoms. The lowest BCUT2D eigenvalue weighted by Gasteiger charge is -2.28. The highest BCUT2D eigenvalue weighted by atomic mass is 19.3. The van der Waals surface area contributed by atoms with E-state index in [1.54, 1.807) is 11.8 Å². The van der Waals surface area contributed by atoms with E-state index in [9.17, 15) is 22.8 Å². The normalized spacial score (nSPS) is 26.5. The van der Waals surface area contributed by atoms with E-state index >= 15 is 0 Å². The minimum atomic E-state index is -2.93. The number of hydrogen-bond donors (Lipinski definition) is 0. The van der Waals surface area contributed by atoms with Crippen LogP contribution in [0, 0.1) is 17.7 Å². The summed E-state index contributed by atoms with van der Waals surface area (Å²) < 4.78 is 47.2. The first-order valence-electron chi connectivity index (χ1n) is 9.40. The van der Waals surface area contributed by atoms with Gasteiger partial charge in [-0.15, -0.1) is 0 Å². The lowest BCUT2D eigenvalue weighted by atomic mass is 9.86. The van der Waals surface area contributed by atoms with E-state index in [4.69, 9.17) is 4.74 Å². The number of halogens is 3. The topological polar surface area (TPSA) is 46.6 Å². The highest BCUT2D eigenvalue weighted by molar-refractivity contribution is 5.78. The molecule has 0 spiro atoms. The van der Waals surface area contributed by atoms with Crippen LogP contribution in [-0.2, 0) is 9.59 Å². The van der Waals surface area contributed by atoms with Gasteiger partial charge in [-0.1, -0.05) is 6.92 Å². The van der Waals surface area contributed by atoms with Gasteiger partial charge in [0.25, 0.3) is 0 Å². The van der Waals surface area contributed by atoms with Crippen molar-refractivity contribution in [2.24, 2.45) is 11.8 Å². The van der Waals surface area contributed by atoms with Gasteiger partial charge in [0.15, 0.2) is 0 Å². The molecule has 148 valence electrons. The van der Waals surface area contributed by atoms with Gasteiger partial charge in [0.2, 0.25) is 11.8 Å². The van der Waals surface area contributed by atoms with Crippen molar-refractivity contribution < 1.29 is 27.5 Å². The van der Waals surface area contributed by atoms with Gasteiger partial charge >= 0.3 is 5.97 Å². The zero-order valence-corrected chi connectivity index (χ0v) is 15.3. The maximum atomic E-state index is 14.5. The van der Waals surface area contributed by atoms with E-state index in [-0.39, 0.29) is 18.1 Å². The van der Waals surface area contributed by atoms with Crippen LogP contribution in [0.2, 0.25) is 0 Å². The zero-order chi connectivity index (χ0) is 19.6. The molecule has 1 saturated heterocycles. The van der Waals surface area contributed by atoms with Gasteiger partial charge in [0.05, 0.1) is 5.92 Å². The van der Waals surface area contributed by atoms with Crippen molar-refractivity contribution in [1.29, 1.82) is 0 Å². The Hall–Kier alpha value is -2.05. The number of rotatable bonds is 4. The maximum Gasteiger partial charge on any atom is 0.314 e. The molecule has 1 saturated carbocycles. The molecule has 1 amide bonds. The number of nitrogens with zero attached hydrogens (tertiary/aromatic N) is 1. The highest BCUT2D eigenvalue weighted by Gasteiger charge is 2.44. The second kappa shape index (κ2) is 7.90. The second-order valence-electron chi connectivity index (χ2n) is 7.61. The molecule has 3 rings (SSSR count). The fourth-order valence-electron chi connectivity index (χ4n) is 4.07. The molecule has 1 aliphatic carbocycles. The Kier molecular flexibility index (Phi) is 5.77. The van der Waals surface area contributed by atoms with Crippen LogP contribution in [0.3, 0.4) is 0 Å². The number of alkyl halides is 2. The van der Waals surface area contributed by atoms with Gasteiger partial charge in [-0.2, -0.15) is 0 Å². The van der Waals surface area contributed by atoms with E-state index in [1.165, 1.54) is 24.3 Å². The number of benzene rings is 1. The lowest BCUT2D eigenvalue weighted by molar-refractivity contribution is -0.141. The largest absolute Gasteiger partial charge is 0.426 e. The number of ether oxygens (including phenoxy) is 1. The molecule has 2 fully saturated rings. The van der Waals surface area contributed by atoms with Crippen molar-refractivity contribution in [3.63, 3.8) is 0 Å². The van der Waals surface area contributed by atoms with Crippen molar-refractivity contribution in [2.45, 2.75) is 57.4 Å². The summed E-state index contributed by atoms with van der Waals surface area (Å²) in [6, 6.07) is 4.53. The fourth-order valence-corrected chi connectivity index (χ4v) is 4.07. The number of carbonyl (C=O) groups excluding carboxylic acids is 2. The number of hydrogen-bond acceptors (Lipinski definition) is 3. The van der Waals surface area contributed by atoms with Gasteiger partial charge in [-0.05, 0) is 49.4 Å². The quantitative estimate of drug-likeness (QED) is 0.445. The van der Waals surface area contributed by atoms with Gasteiger partial charge in [-0.3, -0.25) is 9.59 Å². The predicted molar refractivity (Wildman–Crippen MR) is 92.8 cm³/mol. The smallest absolute Gasteiger partial charge is 0.314 e. The van der Waals surface area contributed by atoms with Crippen LogP contribution in [0.25, 0.3) is 0 Å². The minimum absolute atomic E-state index is 0.0574. The Morgan fingerprint density at radius 1 is 1.22 bits per heavy atom. The Labute approximate surface area is 156 Å². The van der Waals surface area contributed by atoms with Gasteiger partial charge < -0.3 is 9.64 Å². The molecular formula is C20H24F3NO3. The molecule has 3 atom stereocenters. The summed E-state index contributed by atoms with van der Waals surface area (Å²) in [4.78, 5) is 25.9. The van der Waals surface area contributed by atoms with Crippen molar-refractivity contribution in [3.05, 3.63) is 30.1 Å². The lowest BCUT2D eigenvalue weighted by Crippen LogP contribution is -2.39. The number of amides is 1. The van der Waals surface area contributed by atoms with Gasteiger partial charge in [0, 0.05) is 31.8 Å². The van der Waals surface area contributed by atoms with Crippen LogP contribution < -0.4 is 4.74 Å². The van der Waals surface area contributed by atoms with Gasteiger partial charge in [-0.25, -0.2) is 13.2 Å². The molecule has 27 heavy (non-hydrogen) atoms. The Morgan fingerprint density at radius 2 is 1.93 bits per heavy atom. The van der Waals surface area contributed by atoms with Crippen LogP contribution >= 0.6 is 0 Å². The first-order chi connectivity index (χ1) is 12.7. The van der Waals surface area contributed by atoms with Crippen LogP contribution in [0.1, 0.15) is 45.4 Å². The molecule has 2 aliphatic rings. The van der Waals surface area contributed by atoms with Crippen molar-refractivity contribution in [1.82, 2.24) is 4.90 Å². The molecule has 0 N–H and O–H groups in total. The summed E-state index contributed by atoms with van der Waals surface area (Å²) in [5.41, 5.74) is 0. The van der Waals surface area contributed by atoms with E-state index < -0.39 is 42.0 Å². The number of esters is 1. The minimum Gasteiger partial charge on any atom is -0.426 e. The van der Waals surface area contributed by atoms with E-state index in [2.05, 4.69) is 0 Å². The van der Waals surface area contributed by atoms with Crippen LogP contribution in [0.15, 0.2) is 24.3 Å². The summed E-state index contributed by atoms with van der Waals surface area (Å²) in [5.74, 6) is -5.09. The summed E-state index contributed by atoms with van der Waals surface area (Å²) in [7, 11) is 0. The third-order valence-corrected chi connectivity index (χ3v) is 5.63. The molecule has 0 radical (unpaired) electrons. The number of likely N-dealkylation sites (tertiary alicyclic amines) is 1. The Morgan fingerprint density at radius 3 is 2.56 bits per heavy atom. The Balaban J connectivity index is 1.65. The van der Waals surface area contributed by atoms with E-state index in [0.717, 1.165) is 0 Å². The molecule has 1 aromatic rings. The van der Waals surface area contributed by atoms with Crippen molar-refractivity contribution in [3.8, 4) is 5.75 Å². The predicted octanol–water partition coefficient (Wildman–Crippen LogP) is 4.18. The van der Waals surface area contributed by atoms with Crippen molar-refractivity contribution in [2.75, 3.05) is 6.54 Å². The zero-order valence-electron chi connectivity index (χ0n) is 15.3. The van der Waals surface area contributed by atoms with Crippen LogP contribution in [-0.4, -0.2) is 35.3 Å².